The van der Waals surface area contributed by atoms with Crippen molar-refractivity contribution < 1.29 is 18.0 Å². The number of carbonyl (C=O) groups is 1. The number of carbonyl (C=O) groups excluding carboxylic acids is 1. The fourth-order valence-electron chi connectivity index (χ4n) is 0.792. The lowest BCUT2D eigenvalue weighted by atomic mass is 10.0. The van der Waals surface area contributed by atoms with Gasteiger partial charge >= 0.3 is 6.18 Å². The molecule has 1 atom stereocenters. The standard InChI is InChI=1S/C7H10F3N5O/c1-6(11,7(8,9)10)5(16)12-2-4-13-3-14-15-4/h3H,2,11H2,1H3,(H,12,16)(H,13,14,15). The van der Waals surface area contributed by atoms with Crippen molar-refractivity contribution in [3.05, 3.63) is 12.2 Å². The van der Waals surface area contributed by atoms with Gasteiger partial charge in [-0.3, -0.25) is 9.89 Å². The quantitative estimate of drug-likeness (QED) is 0.672. The van der Waals surface area contributed by atoms with Gasteiger partial charge in [0.15, 0.2) is 5.54 Å². The second-order valence-corrected chi connectivity index (χ2v) is 3.31. The van der Waals surface area contributed by atoms with Crippen molar-refractivity contribution in [2.75, 3.05) is 0 Å². The number of amides is 1. The number of nitrogens with one attached hydrogen (secondary N) is 2. The van der Waals surface area contributed by atoms with E-state index in [9.17, 15) is 18.0 Å². The molecule has 90 valence electrons. The highest BCUT2D eigenvalue weighted by atomic mass is 19.4. The Kier molecular flexibility index (Phi) is 3.17. The summed E-state index contributed by atoms with van der Waals surface area (Å²) in [6.07, 6.45) is -3.63. The first-order valence-electron chi connectivity index (χ1n) is 4.23. The van der Waals surface area contributed by atoms with Crippen LogP contribution < -0.4 is 11.1 Å². The lowest BCUT2D eigenvalue weighted by molar-refractivity contribution is -0.187. The van der Waals surface area contributed by atoms with Gasteiger partial charge in [-0.2, -0.15) is 18.3 Å². The highest BCUT2D eigenvalue weighted by Crippen LogP contribution is 2.27. The van der Waals surface area contributed by atoms with Crippen LogP contribution >= 0.6 is 0 Å². The van der Waals surface area contributed by atoms with Crippen LogP contribution in [0.15, 0.2) is 6.33 Å². The normalized spacial score (nSPS) is 15.6. The number of aromatic nitrogens is 3. The van der Waals surface area contributed by atoms with Crippen molar-refractivity contribution in [3.8, 4) is 0 Å². The number of nitrogens with zero attached hydrogens (tertiary/aromatic N) is 2. The molecule has 0 radical (unpaired) electrons. The van der Waals surface area contributed by atoms with Crippen molar-refractivity contribution in [1.82, 2.24) is 20.5 Å². The van der Waals surface area contributed by atoms with Crippen LogP contribution in [0.25, 0.3) is 0 Å². The minimum atomic E-state index is -4.81. The maximum Gasteiger partial charge on any atom is 0.415 e. The summed E-state index contributed by atoms with van der Waals surface area (Å²) in [5.74, 6) is -1.08. The van der Waals surface area contributed by atoms with Crippen LogP contribution in [0.5, 0.6) is 0 Å². The Labute approximate surface area is 88.4 Å². The highest BCUT2D eigenvalue weighted by Gasteiger charge is 2.53. The second kappa shape index (κ2) is 4.08. The molecule has 0 aromatic carbocycles. The molecule has 0 aliphatic carbocycles. The molecule has 0 aliphatic heterocycles. The van der Waals surface area contributed by atoms with E-state index in [1.165, 1.54) is 6.33 Å². The lowest BCUT2D eigenvalue weighted by Crippen LogP contribution is -2.61. The third-order valence-electron chi connectivity index (χ3n) is 1.94. The molecule has 0 fully saturated rings. The molecule has 4 N–H and O–H groups in total. The third-order valence-corrected chi connectivity index (χ3v) is 1.94. The number of nitrogens with two attached hydrogens (primary N) is 1. The number of rotatable bonds is 3. The Morgan fingerprint density at radius 2 is 2.25 bits per heavy atom. The molecule has 0 spiro atoms. The van der Waals surface area contributed by atoms with Gasteiger partial charge in [0.2, 0.25) is 5.91 Å². The molecule has 9 heteroatoms. The molecule has 0 aliphatic rings. The first-order chi connectivity index (χ1) is 7.25. The topological polar surface area (TPSA) is 96.7 Å². The average Bonchev–Trinajstić information content (AvgIpc) is 2.64. The van der Waals surface area contributed by atoms with E-state index >= 15 is 0 Å². The fourth-order valence-corrected chi connectivity index (χ4v) is 0.792. The van der Waals surface area contributed by atoms with Gasteiger partial charge in [-0.15, -0.1) is 0 Å². The molecule has 1 unspecified atom stereocenters. The Morgan fingerprint density at radius 3 is 2.69 bits per heavy atom. The van der Waals surface area contributed by atoms with Gasteiger partial charge in [0.1, 0.15) is 12.2 Å². The number of H-pyrrole nitrogens is 1. The Morgan fingerprint density at radius 1 is 1.62 bits per heavy atom. The Bertz CT molecular complexity index is 359. The number of aromatic amines is 1. The van der Waals surface area contributed by atoms with Crippen LogP contribution in [-0.4, -0.2) is 32.8 Å². The van der Waals surface area contributed by atoms with Gasteiger partial charge in [-0.25, -0.2) is 4.98 Å². The van der Waals surface area contributed by atoms with Crippen LogP contribution in [0.3, 0.4) is 0 Å². The Balaban J connectivity index is 2.59. The molecule has 16 heavy (non-hydrogen) atoms. The van der Waals surface area contributed by atoms with E-state index < -0.39 is 17.6 Å². The van der Waals surface area contributed by atoms with Gasteiger partial charge in [-0.05, 0) is 6.92 Å². The Hall–Kier alpha value is -1.64. The van der Waals surface area contributed by atoms with Crippen LogP contribution in [-0.2, 0) is 11.3 Å². The average molecular weight is 237 g/mol. The van der Waals surface area contributed by atoms with E-state index in [1.807, 2.05) is 5.32 Å². The summed E-state index contributed by atoms with van der Waals surface area (Å²) in [5, 5.41) is 7.87. The zero-order chi connectivity index (χ0) is 12.4. The maximum atomic E-state index is 12.3. The molecule has 0 saturated heterocycles. The van der Waals surface area contributed by atoms with E-state index in [2.05, 4.69) is 15.2 Å². The van der Waals surface area contributed by atoms with Crippen molar-refractivity contribution >= 4 is 5.91 Å². The van der Waals surface area contributed by atoms with Crippen LogP contribution in [0.2, 0.25) is 0 Å². The molecule has 1 heterocycles. The van der Waals surface area contributed by atoms with Crippen LogP contribution in [0.4, 0.5) is 13.2 Å². The summed E-state index contributed by atoms with van der Waals surface area (Å²) < 4.78 is 37.0. The van der Waals surface area contributed by atoms with Crippen molar-refractivity contribution in [2.45, 2.75) is 25.2 Å². The SMILES string of the molecule is CC(N)(C(=O)NCc1ncn[nH]1)C(F)(F)F. The first kappa shape index (κ1) is 12.4. The number of alkyl halides is 3. The summed E-state index contributed by atoms with van der Waals surface area (Å²) in [5.41, 5.74) is 1.97. The summed E-state index contributed by atoms with van der Waals surface area (Å²) in [4.78, 5) is 14.8. The molecular weight excluding hydrogens is 227 g/mol. The van der Waals surface area contributed by atoms with Gasteiger partial charge in [0.25, 0.3) is 0 Å². The summed E-state index contributed by atoms with van der Waals surface area (Å²) >= 11 is 0. The van der Waals surface area contributed by atoms with E-state index in [-0.39, 0.29) is 12.4 Å². The monoisotopic (exact) mass is 237 g/mol. The largest absolute Gasteiger partial charge is 0.415 e. The number of hydrogen-bond acceptors (Lipinski definition) is 4. The molecule has 1 aromatic heterocycles. The fraction of sp³-hybridized carbons (Fsp3) is 0.571. The van der Waals surface area contributed by atoms with Crippen LogP contribution in [0, 0.1) is 0 Å². The third kappa shape index (κ3) is 2.48. The van der Waals surface area contributed by atoms with Gasteiger partial charge < -0.3 is 11.1 Å². The van der Waals surface area contributed by atoms with E-state index in [4.69, 9.17) is 5.73 Å². The summed E-state index contributed by atoms with van der Waals surface area (Å²) in [6, 6.07) is 0. The van der Waals surface area contributed by atoms with E-state index in [1.54, 1.807) is 0 Å². The van der Waals surface area contributed by atoms with Crippen molar-refractivity contribution in [2.24, 2.45) is 5.73 Å². The summed E-state index contributed by atoms with van der Waals surface area (Å²) in [7, 11) is 0. The summed E-state index contributed by atoms with van der Waals surface area (Å²) in [6.45, 7) is 0.407. The number of halogens is 3. The molecular formula is C7H10F3N5O. The lowest BCUT2D eigenvalue weighted by Gasteiger charge is -2.25. The highest BCUT2D eigenvalue weighted by molar-refractivity contribution is 5.86. The van der Waals surface area contributed by atoms with E-state index in [0.29, 0.717) is 6.92 Å². The van der Waals surface area contributed by atoms with Gasteiger partial charge in [-0.1, -0.05) is 0 Å². The number of hydrogen-bond donors (Lipinski definition) is 3. The van der Waals surface area contributed by atoms with Crippen molar-refractivity contribution in [1.29, 1.82) is 0 Å². The molecule has 0 saturated carbocycles. The molecule has 1 aromatic rings. The molecule has 6 nitrogen and oxygen atoms in total. The zero-order valence-corrected chi connectivity index (χ0v) is 8.30. The first-order valence-corrected chi connectivity index (χ1v) is 4.23. The van der Waals surface area contributed by atoms with Gasteiger partial charge in [0.05, 0.1) is 6.54 Å². The molecule has 1 amide bonds. The predicted molar refractivity (Wildman–Crippen MR) is 46.9 cm³/mol. The van der Waals surface area contributed by atoms with Gasteiger partial charge in [0, 0.05) is 0 Å². The zero-order valence-electron chi connectivity index (χ0n) is 8.30. The predicted octanol–water partition coefficient (Wildman–Crippen LogP) is -0.299. The molecule has 0 bridgehead atoms. The molecule has 1 rings (SSSR count). The minimum Gasteiger partial charge on any atom is -0.347 e. The minimum absolute atomic E-state index is 0.193. The van der Waals surface area contributed by atoms with E-state index in [0.717, 1.165) is 0 Å². The smallest absolute Gasteiger partial charge is 0.347 e. The van der Waals surface area contributed by atoms with Crippen molar-refractivity contribution in [3.63, 3.8) is 0 Å². The maximum absolute atomic E-state index is 12.3. The van der Waals surface area contributed by atoms with Crippen LogP contribution in [0.1, 0.15) is 12.7 Å². The second-order valence-electron chi connectivity index (χ2n) is 3.31.